The van der Waals surface area contributed by atoms with Gasteiger partial charge in [0.05, 0.1) is 12.2 Å². The molecule has 0 saturated heterocycles. The van der Waals surface area contributed by atoms with Crippen LogP contribution in [0, 0.1) is 17.8 Å². The molecule has 1 aromatic carbocycles. The van der Waals surface area contributed by atoms with E-state index in [2.05, 4.69) is 26.0 Å². The largest absolute Gasteiger partial charge is 0.462 e. The van der Waals surface area contributed by atoms with E-state index in [4.69, 9.17) is 4.74 Å². The summed E-state index contributed by atoms with van der Waals surface area (Å²) in [6, 6.07) is 8.27. The smallest absolute Gasteiger partial charge is 0.338 e. The van der Waals surface area contributed by atoms with Crippen LogP contribution in [0.25, 0.3) is 0 Å². The SMILES string of the molecule is CCCCCC1CCC(C2CCC(c3ccc(C(=O)OCCCC)cc3)CC2)CC1. The minimum absolute atomic E-state index is 0.177. The summed E-state index contributed by atoms with van der Waals surface area (Å²) < 4.78 is 5.33. The van der Waals surface area contributed by atoms with Crippen LogP contribution in [0.15, 0.2) is 24.3 Å². The predicted molar refractivity (Wildman–Crippen MR) is 126 cm³/mol. The summed E-state index contributed by atoms with van der Waals surface area (Å²) in [6.45, 7) is 4.95. The van der Waals surface area contributed by atoms with Crippen molar-refractivity contribution in [2.24, 2.45) is 17.8 Å². The predicted octanol–water partition coefficient (Wildman–Crippen LogP) is 8.30. The van der Waals surface area contributed by atoms with Gasteiger partial charge in [-0.3, -0.25) is 0 Å². The van der Waals surface area contributed by atoms with Crippen LogP contribution in [0.4, 0.5) is 0 Å². The molecule has 2 fully saturated rings. The Morgan fingerprint density at radius 3 is 2.00 bits per heavy atom. The molecule has 2 aliphatic rings. The molecule has 0 amide bonds. The van der Waals surface area contributed by atoms with Crippen molar-refractivity contribution in [1.29, 1.82) is 0 Å². The molecule has 2 aliphatic carbocycles. The zero-order valence-electron chi connectivity index (χ0n) is 19.5. The van der Waals surface area contributed by atoms with E-state index in [1.165, 1.54) is 82.6 Å². The average molecular weight is 413 g/mol. The van der Waals surface area contributed by atoms with Gasteiger partial charge in [-0.1, -0.05) is 70.9 Å². The van der Waals surface area contributed by atoms with Gasteiger partial charge < -0.3 is 4.74 Å². The zero-order valence-corrected chi connectivity index (χ0v) is 19.5. The Bertz CT molecular complexity index is 604. The molecule has 0 aromatic heterocycles. The van der Waals surface area contributed by atoms with Crippen molar-refractivity contribution >= 4 is 5.97 Å². The summed E-state index contributed by atoms with van der Waals surface area (Å²) in [7, 11) is 0. The summed E-state index contributed by atoms with van der Waals surface area (Å²) in [5, 5.41) is 0. The molecule has 0 heterocycles. The number of esters is 1. The lowest BCUT2D eigenvalue weighted by Gasteiger charge is -2.38. The number of hydrogen-bond donors (Lipinski definition) is 0. The lowest BCUT2D eigenvalue weighted by Crippen LogP contribution is -2.25. The van der Waals surface area contributed by atoms with Crippen molar-refractivity contribution in [3.05, 3.63) is 35.4 Å². The number of ether oxygens (including phenoxy) is 1. The maximum absolute atomic E-state index is 12.1. The Hall–Kier alpha value is -1.31. The molecular formula is C28H44O2. The standard InChI is InChI=1S/C28H44O2/c1-3-5-7-8-22-9-11-23(12-10-22)24-13-15-25(16-14-24)26-17-19-27(20-18-26)28(29)30-21-6-4-2/h17-20,22-25H,3-16,21H2,1-2H3. The molecule has 1 aromatic rings. The second-order valence-electron chi connectivity index (χ2n) is 10.00. The van der Waals surface area contributed by atoms with E-state index in [1.807, 2.05) is 12.1 Å². The van der Waals surface area contributed by atoms with Gasteiger partial charge in [-0.15, -0.1) is 0 Å². The van der Waals surface area contributed by atoms with Crippen LogP contribution in [0.1, 0.15) is 126 Å². The fraction of sp³-hybridized carbons (Fsp3) is 0.750. The number of benzene rings is 1. The fourth-order valence-electron chi connectivity index (χ4n) is 5.84. The fourth-order valence-corrected chi connectivity index (χ4v) is 5.84. The van der Waals surface area contributed by atoms with Crippen molar-refractivity contribution < 1.29 is 9.53 Å². The highest BCUT2D eigenvalue weighted by atomic mass is 16.5. The molecule has 0 radical (unpaired) electrons. The Kier molecular flexibility index (Phi) is 9.75. The molecule has 0 N–H and O–H groups in total. The molecule has 30 heavy (non-hydrogen) atoms. The maximum atomic E-state index is 12.1. The summed E-state index contributed by atoms with van der Waals surface area (Å²) in [5.74, 6) is 3.48. The summed E-state index contributed by atoms with van der Waals surface area (Å²) >= 11 is 0. The first-order valence-corrected chi connectivity index (χ1v) is 13.0. The van der Waals surface area contributed by atoms with Crippen LogP contribution >= 0.6 is 0 Å². The monoisotopic (exact) mass is 412 g/mol. The normalized spacial score (nSPS) is 27.0. The van der Waals surface area contributed by atoms with Gasteiger partial charge in [0.2, 0.25) is 0 Å². The zero-order chi connectivity index (χ0) is 21.2. The van der Waals surface area contributed by atoms with Crippen LogP contribution < -0.4 is 0 Å². The van der Waals surface area contributed by atoms with Gasteiger partial charge in [0.1, 0.15) is 0 Å². The third kappa shape index (κ3) is 6.86. The van der Waals surface area contributed by atoms with Gasteiger partial charge in [0, 0.05) is 0 Å². The molecule has 2 saturated carbocycles. The second-order valence-corrected chi connectivity index (χ2v) is 10.00. The number of carbonyl (C=O) groups excluding carboxylic acids is 1. The first-order chi connectivity index (χ1) is 14.7. The highest BCUT2D eigenvalue weighted by Crippen LogP contribution is 2.44. The van der Waals surface area contributed by atoms with E-state index in [0.29, 0.717) is 18.1 Å². The molecule has 0 unspecified atom stereocenters. The van der Waals surface area contributed by atoms with Gasteiger partial charge in [-0.25, -0.2) is 4.79 Å². The van der Waals surface area contributed by atoms with Gasteiger partial charge in [0.25, 0.3) is 0 Å². The van der Waals surface area contributed by atoms with Gasteiger partial charge in [-0.2, -0.15) is 0 Å². The van der Waals surface area contributed by atoms with Crippen molar-refractivity contribution in [2.75, 3.05) is 6.61 Å². The Labute approximate surface area is 185 Å². The second kappa shape index (κ2) is 12.5. The van der Waals surface area contributed by atoms with Crippen molar-refractivity contribution in [3.63, 3.8) is 0 Å². The number of hydrogen-bond acceptors (Lipinski definition) is 2. The molecule has 3 rings (SSSR count). The summed E-state index contributed by atoms with van der Waals surface area (Å²) in [5.41, 5.74) is 2.11. The van der Waals surface area contributed by atoms with E-state index in [1.54, 1.807) is 0 Å². The number of rotatable bonds is 10. The van der Waals surface area contributed by atoms with Crippen molar-refractivity contribution in [1.82, 2.24) is 0 Å². The third-order valence-corrected chi connectivity index (χ3v) is 7.89. The van der Waals surface area contributed by atoms with Crippen LogP contribution in [-0.2, 0) is 4.74 Å². The molecule has 0 spiro atoms. The van der Waals surface area contributed by atoms with Gasteiger partial charge in [-0.05, 0) is 86.3 Å². The van der Waals surface area contributed by atoms with Crippen molar-refractivity contribution in [3.8, 4) is 0 Å². The highest BCUT2D eigenvalue weighted by molar-refractivity contribution is 5.89. The molecule has 0 atom stereocenters. The van der Waals surface area contributed by atoms with Gasteiger partial charge in [0.15, 0.2) is 0 Å². The van der Waals surface area contributed by atoms with Crippen LogP contribution in [0.2, 0.25) is 0 Å². The summed E-state index contributed by atoms with van der Waals surface area (Å²) in [4.78, 5) is 12.1. The van der Waals surface area contributed by atoms with Crippen molar-refractivity contribution in [2.45, 2.75) is 110 Å². The maximum Gasteiger partial charge on any atom is 0.338 e. The first kappa shape index (κ1) is 23.4. The summed E-state index contributed by atoms with van der Waals surface area (Å²) in [6.07, 6.45) is 19.1. The number of unbranched alkanes of at least 4 members (excludes halogenated alkanes) is 3. The van der Waals surface area contributed by atoms with Crippen LogP contribution in [0.5, 0.6) is 0 Å². The Balaban J connectivity index is 1.40. The Morgan fingerprint density at radius 2 is 1.40 bits per heavy atom. The lowest BCUT2D eigenvalue weighted by atomic mass is 9.68. The topological polar surface area (TPSA) is 26.3 Å². The molecule has 2 nitrogen and oxygen atoms in total. The van der Waals surface area contributed by atoms with E-state index in [-0.39, 0.29) is 5.97 Å². The Morgan fingerprint density at radius 1 is 0.800 bits per heavy atom. The third-order valence-electron chi connectivity index (χ3n) is 7.89. The van der Waals surface area contributed by atoms with Crippen LogP contribution in [-0.4, -0.2) is 12.6 Å². The average Bonchev–Trinajstić information content (AvgIpc) is 2.80. The van der Waals surface area contributed by atoms with Gasteiger partial charge >= 0.3 is 5.97 Å². The highest BCUT2D eigenvalue weighted by Gasteiger charge is 2.31. The molecule has 2 heteroatoms. The van der Waals surface area contributed by atoms with E-state index < -0.39 is 0 Å². The number of carbonyl (C=O) groups is 1. The molecule has 168 valence electrons. The molecule has 0 bridgehead atoms. The lowest BCUT2D eigenvalue weighted by molar-refractivity contribution is 0.0499. The molecular weight excluding hydrogens is 368 g/mol. The minimum atomic E-state index is -0.177. The van der Waals surface area contributed by atoms with E-state index in [9.17, 15) is 4.79 Å². The minimum Gasteiger partial charge on any atom is -0.462 e. The van der Waals surface area contributed by atoms with E-state index >= 15 is 0 Å². The van der Waals surface area contributed by atoms with E-state index in [0.717, 1.165) is 30.6 Å². The quantitative estimate of drug-likeness (QED) is 0.285. The first-order valence-electron chi connectivity index (χ1n) is 13.0. The molecule has 0 aliphatic heterocycles. The van der Waals surface area contributed by atoms with Crippen LogP contribution in [0.3, 0.4) is 0 Å².